The lowest BCUT2D eigenvalue weighted by atomic mass is 9.98. The van der Waals surface area contributed by atoms with E-state index in [9.17, 15) is 9.59 Å². The molecule has 2 rings (SSSR count). The van der Waals surface area contributed by atoms with E-state index in [1.165, 1.54) is 14.0 Å². The zero-order valence-corrected chi connectivity index (χ0v) is 22.8. The summed E-state index contributed by atoms with van der Waals surface area (Å²) in [5.74, 6) is -1.35. The van der Waals surface area contributed by atoms with Crippen LogP contribution in [0.1, 0.15) is 33.3 Å². The van der Waals surface area contributed by atoms with Gasteiger partial charge in [-0.25, -0.2) is 0 Å². The first-order valence-electron chi connectivity index (χ1n) is 11.3. The van der Waals surface area contributed by atoms with Crippen LogP contribution in [0.2, 0.25) is 18.1 Å². The molecule has 0 unspecified atom stereocenters. The van der Waals surface area contributed by atoms with Crippen molar-refractivity contribution in [3.8, 4) is 0 Å². The monoisotopic (exact) mass is 516 g/mol. The Morgan fingerprint density at radius 1 is 1.09 bits per heavy atom. The molecule has 1 heterocycles. The Kier molecular flexibility index (Phi) is 10.5. The molecular formula is C24H37ClO8Si. The van der Waals surface area contributed by atoms with Crippen LogP contribution in [-0.4, -0.2) is 70.6 Å². The van der Waals surface area contributed by atoms with Crippen molar-refractivity contribution in [1.29, 1.82) is 0 Å². The number of benzene rings is 1. The summed E-state index contributed by atoms with van der Waals surface area (Å²) in [5, 5.41) is -0.126. The van der Waals surface area contributed by atoms with E-state index in [-0.39, 0.29) is 24.1 Å². The minimum Gasteiger partial charge on any atom is -0.462 e. The Balaban J connectivity index is 2.44. The van der Waals surface area contributed by atoms with Gasteiger partial charge in [-0.1, -0.05) is 51.1 Å². The highest BCUT2D eigenvalue weighted by atomic mass is 35.5. The third kappa shape index (κ3) is 7.76. The van der Waals surface area contributed by atoms with Crippen LogP contribution in [-0.2, 0) is 44.3 Å². The maximum atomic E-state index is 12.0. The summed E-state index contributed by atoms with van der Waals surface area (Å²) in [5.41, 5.74) is 0.947. The molecule has 1 aliphatic heterocycles. The molecule has 0 aliphatic carbocycles. The van der Waals surface area contributed by atoms with Gasteiger partial charge in [0, 0.05) is 14.0 Å². The van der Waals surface area contributed by atoms with Crippen LogP contribution in [0, 0.1) is 0 Å². The van der Waals surface area contributed by atoms with Gasteiger partial charge in [0.2, 0.25) is 0 Å². The Morgan fingerprint density at radius 2 is 1.74 bits per heavy atom. The molecule has 34 heavy (non-hydrogen) atoms. The molecule has 0 amide bonds. The molecule has 5 atom stereocenters. The topological polar surface area (TPSA) is 89.5 Å². The highest BCUT2D eigenvalue weighted by Gasteiger charge is 2.53. The number of halogens is 1. The van der Waals surface area contributed by atoms with Crippen molar-refractivity contribution in [2.75, 3.05) is 19.6 Å². The van der Waals surface area contributed by atoms with E-state index in [0.29, 0.717) is 0 Å². The molecule has 0 bridgehead atoms. The third-order valence-electron chi connectivity index (χ3n) is 6.17. The van der Waals surface area contributed by atoms with Crippen molar-refractivity contribution in [2.45, 2.75) is 83.1 Å². The highest BCUT2D eigenvalue weighted by molar-refractivity contribution is 6.74. The van der Waals surface area contributed by atoms with Crippen molar-refractivity contribution < 1.29 is 37.7 Å². The predicted molar refractivity (Wildman–Crippen MR) is 130 cm³/mol. The zero-order valence-electron chi connectivity index (χ0n) is 21.0. The van der Waals surface area contributed by atoms with Gasteiger partial charge >= 0.3 is 11.9 Å². The molecule has 0 saturated carbocycles. The number of esters is 2. The second-order valence-corrected chi connectivity index (χ2v) is 14.8. The summed E-state index contributed by atoms with van der Waals surface area (Å²) in [6.45, 7) is 12.0. The predicted octanol–water partition coefficient (Wildman–Crippen LogP) is 4.05. The fourth-order valence-corrected chi connectivity index (χ4v) is 4.73. The third-order valence-corrected chi connectivity index (χ3v) is 10.9. The maximum absolute atomic E-state index is 12.0. The molecule has 1 aromatic rings. The fourth-order valence-electron chi connectivity index (χ4n) is 3.35. The van der Waals surface area contributed by atoms with E-state index >= 15 is 0 Å². The molecule has 0 spiro atoms. The first-order chi connectivity index (χ1) is 15.9. The minimum atomic E-state index is -2.37. The van der Waals surface area contributed by atoms with Gasteiger partial charge in [-0.2, -0.15) is 0 Å². The van der Waals surface area contributed by atoms with Crippen molar-refractivity contribution >= 4 is 31.9 Å². The normalized spacial score (nSPS) is 25.6. The molecule has 0 aromatic heterocycles. The van der Waals surface area contributed by atoms with Crippen LogP contribution < -0.4 is 0 Å². The van der Waals surface area contributed by atoms with Crippen LogP contribution in [0.4, 0.5) is 0 Å². The molecule has 192 valence electrons. The summed E-state index contributed by atoms with van der Waals surface area (Å²) < 4.78 is 35.6. The molecule has 10 heteroatoms. The SMILES string of the molecule is CO[C@@H]1O[C@H](COC(=O)CCl)[C@@H](OCc2ccccc2)[C@H](O[Si](C)(C)C(C)(C)C)[C@H]1OC(C)=O. The molecule has 1 aliphatic rings. The Hall–Kier alpha value is -1.49. The van der Waals surface area contributed by atoms with Gasteiger partial charge in [-0.3, -0.25) is 9.59 Å². The lowest BCUT2D eigenvalue weighted by molar-refractivity contribution is -0.303. The number of ether oxygens (including phenoxy) is 5. The van der Waals surface area contributed by atoms with Crippen LogP contribution in [0.5, 0.6) is 0 Å². The average Bonchev–Trinajstić information content (AvgIpc) is 2.77. The minimum absolute atomic E-state index is 0.116. The quantitative estimate of drug-likeness (QED) is 0.261. The smallest absolute Gasteiger partial charge is 0.320 e. The van der Waals surface area contributed by atoms with Crippen LogP contribution >= 0.6 is 11.6 Å². The first-order valence-corrected chi connectivity index (χ1v) is 14.7. The molecule has 0 radical (unpaired) electrons. The first kappa shape index (κ1) is 28.7. The van der Waals surface area contributed by atoms with Crippen LogP contribution in [0.25, 0.3) is 0 Å². The van der Waals surface area contributed by atoms with Crippen LogP contribution in [0.3, 0.4) is 0 Å². The van der Waals surface area contributed by atoms with E-state index < -0.39 is 51.0 Å². The lowest BCUT2D eigenvalue weighted by Gasteiger charge is -2.49. The highest BCUT2D eigenvalue weighted by Crippen LogP contribution is 2.40. The number of carbonyl (C=O) groups is 2. The molecular weight excluding hydrogens is 480 g/mol. The standard InChI is InChI=1S/C24H37ClO8Si/c1-16(26)31-22-21(33-34(6,7)24(2,3)4)20(30-14-17-11-9-8-10-12-17)18(32-23(22)28-5)15-29-19(27)13-25/h8-12,18,20-23H,13-15H2,1-7H3/t18-,20-,21+,22-,23-/m1/s1. The number of hydrogen-bond donors (Lipinski definition) is 0. The van der Waals surface area contributed by atoms with Gasteiger partial charge in [0.1, 0.15) is 30.8 Å². The van der Waals surface area contributed by atoms with E-state index in [1.807, 2.05) is 30.3 Å². The van der Waals surface area contributed by atoms with Crippen LogP contribution in [0.15, 0.2) is 30.3 Å². The Bertz CT molecular complexity index is 798. The molecule has 1 aromatic carbocycles. The van der Waals surface area contributed by atoms with Gasteiger partial charge in [0.25, 0.3) is 0 Å². The largest absolute Gasteiger partial charge is 0.462 e. The van der Waals surface area contributed by atoms with Gasteiger partial charge in [0.15, 0.2) is 20.7 Å². The molecule has 8 nitrogen and oxygen atoms in total. The van der Waals surface area contributed by atoms with Gasteiger partial charge in [-0.05, 0) is 23.7 Å². The number of rotatable bonds is 10. The number of carbonyl (C=O) groups excluding carboxylic acids is 2. The lowest BCUT2D eigenvalue weighted by Crippen LogP contribution is -2.64. The van der Waals surface area contributed by atoms with Crippen molar-refractivity contribution in [3.63, 3.8) is 0 Å². The molecule has 1 saturated heterocycles. The number of methoxy groups -OCH3 is 1. The van der Waals surface area contributed by atoms with E-state index in [2.05, 4.69) is 33.9 Å². The van der Waals surface area contributed by atoms with E-state index in [0.717, 1.165) is 5.56 Å². The second kappa shape index (κ2) is 12.5. The number of alkyl halides is 1. The second-order valence-electron chi connectivity index (χ2n) is 9.77. The molecule has 1 fully saturated rings. The summed E-state index contributed by atoms with van der Waals surface area (Å²) in [6.07, 6.45) is -3.98. The summed E-state index contributed by atoms with van der Waals surface area (Å²) in [7, 11) is -0.914. The van der Waals surface area contributed by atoms with E-state index in [4.69, 9.17) is 39.7 Å². The summed E-state index contributed by atoms with van der Waals surface area (Å²) in [4.78, 5) is 23.8. The van der Waals surface area contributed by atoms with Crippen molar-refractivity contribution in [3.05, 3.63) is 35.9 Å². The van der Waals surface area contributed by atoms with E-state index in [1.54, 1.807) is 0 Å². The van der Waals surface area contributed by atoms with Crippen molar-refractivity contribution in [2.24, 2.45) is 0 Å². The fraction of sp³-hybridized carbons (Fsp3) is 0.667. The van der Waals surface area contributed by atoms with Gasteiger partial charge in [-0.15, -0.1) is 11.6 Å². The zero-order chi connectivity index (χ0) is 25.5. The average molecular weight is 517 g/mol. The summed E-state index contributed by atoms with van der Waals surface area (Å²) >= 11 is 5.60. The van der Waals surface area contributed by atoms with Gasteiger partial charge in [0.05, 0.1) is 6.61 Å². The summed E-state index contributed by atoms with van der Waals surface area (Å²) in [6, 6.07) is 9.64. The van der Waals surface area contributed by atoms with Gasteiger partial charge < -0.3 is 28.1 Å². The molecule has 0 N–H and O–H groups in total. The Labute approximate surface area is 208 Å². The Morgan fingerprint density at radius 3 is 2.26 bits per heavy atom. The number of hydrogen-bond acceptors (Lipinski definition) is 8. The maximum Gasteiger partial charge on any atom is 0.320 e. The van der Waals surface area contributed by atoms with Crippen molar-refractivity contribution in [1.82, 2.24) is 0 Å².